The van der Waals surface area contributed by atoms with E-state index in [2.05, 4.69) is 25.8 Å². The van der Waals surface area contributed by atoms with Gasteiger partial charge in [-0.2, -0.15) is 0 Å². The zero-order chi connectivity index (χ0) is 10.6. The lowest BCUT2D eigenvalue weighted by atomic mass is 9.94. The van der Waals surface area contributed by atoms with Gasteiger partial charge in [-0.1, -0.05) is 13.3 Å². The van der Waals surface area contributed by atoms with Crippen molar-refractivity contribution in [1.29, 1.82) is 0 Å². The van der Waals surface area contributed by atoms with Gasteiger partial charge in [0.2, 0.25) is 0 Å². The molecule has 0 bridgehead atoms. The molecule has 84 valence electrons. The molecule has 1 heterocycles. The van der Waals surface area contributed by atoms with E-state index in [9.17, 15) is 0 Å². The predicted octanol–water partition coefficient (Wildman–Crippen LogP) is 1.22. The van der Waals surface area contributed by atoms with Gasteiger partial charge in [0.25, 0.3) is 0 Å². The molecule has 0 amide bonds. The molecular weight excluding hydrogens is 176 g/mol. The molecule has 2 unspecified atom stereocenters. The van der Waals surface area contributed by atoms with Crippen molar-refractivity contribution in [2.75, 3.05) is 26.8 Å². The molecule has 1 aliphatic rings. The van der Waals surface area contributed by atoms with Crippen molar-refractivity contribution in [1.82, 2.24) is 4.90 Å². The molecule has 1 aliphatic heterocycles. The van der Waals surface area contributed by atoms with Gasteiger partial charge in [-0.25, -0.2) is 0 Å². The average Bonchev–Trinajstić information content (AvgIpc) is 2.66. The molecule has 2 atom stereocenters. The Labute approximate surface area is 87.6 Å². The summed E-state index contributed by atoms with van der Waals surface area (Å²) in [6.45, 7) is 6.87. The first-order chi connectivity index (χ1) is 6.66. The predicted molar refractivity (Wildman–Crippen MR) is 59.4 cm³/mol. The highest BCUT2D eigenvalue weighted by Gasteiger charge is 2.39. The van der Waals surface area contributed by atoms with Gasteiger partial charge in [0.15, 0.2) is 0 Å². The summed E-state index contributed by atoms with van der Waals surface area (Å²) in [6.07, 6.45) is 3.54. The molecule has 1 rings (SSSR count). The van der Waals surface area contributed by atoms with Crippen LogP contribution in [-0.2, 0) is 4.74 Å². The maximum atomic E-state index is 5.88. The Balaban J connectivity index is 2.59. The molecule has 2 N–H and O–H groups in total. The summed E-state index contributed by atoms with van der Waals surface area (Å²) < 4.78 is 5.48. The second-order valence-electron chi connectivity index (χ2n) is 4.48. The van der Waals surface area contributed by atoms with Crippen LogP contribution < -0.4 is 5.73 Å². The monoisotopic (exact) mass is 200 g/mol. The summed E-state index contributed by atoms with van der Waals surface area (Å²) in [6, 6.07) is 0.602. The second kappa shape index (κ2) is 5.10. The van der Waals surface area contributed by atoms with Gasteiger partial charge in [0.1, 0.15) is 0 Å². The number of hydrogen-bond donors (Lipinski definition) is 1. The zero-order valence-electron chi connectivity index (χ0n) is 9.75. The molecule has 0 saturated carbocycles. The average molecular weight is 200 g/mol. The zero-order valence-corrected chi connectivity index (χ0v) is 9.75. The third-order valence-electron chi connectivity index (χ3n) is 3.58. The first-order valence-electron chi connectivity index (χ1n) is 5.67. The Morgan fingerprint density at radius 3 is 2.71 bits per heavy atom. The van der Waals surface area contributed by atoms with Gasteiger partial charge in [-0.3, -0.25) is 4.90 Å². The van der Waals surface area contributed by atoms with Gasteiger partial charge in [-0.05, 0) is 26.8 Å². The van der Waals surface area contributed by atoms with Crippen LogP contribution in [0.2, 0.25) is 0 Å². The van der Waals surface area contributed by atoms with Crippen molar-refractivity contribution in [3.8, 4) is 0 Å². The fourth-order valence-electron chi connectivity index (χ4n) is 2.26. The van der Waals surface area contributed by atoms with E-state index >= 15 is 0 Å². The summed E-state index contributed by atoms with van der Waals surface area (Å²) in [5, 5.41) is 0. The van der Waals surface area contributed by atoms with Crippen molar-refractivity contribution in [3.63, 3.8) is 0 Å². The quantitative estimate of drug-likeness (QED) is 0.725. The van der Waals surface area contributed by atoms with Crippen LogP contribution in [0, 0.1) is 0 Å². The minimum absolute atomic E-state index is 0.106. The Morgan fingerprint density at radius 1 is 1.57 bits per heavy atom. The maximum absolute atomic E-state index is 5.88. The fourth-order valence-corrected chi connectivity index (χ4v) is 2.26. The lowest BCUT2D eigenvalue weighted by molar-refractivity contribution is 0.0618. The maximum Gasteiger partial charge on any atom is 0.0663 e. The molecule has 3 nitrogen and oxygen atoms in total. The molecule has 1 saturated heterocycles. The lowest BCUT2D eigenvalue weighted by Gasteiger charge is -2.40. The first-order valence-corrected chi connectivity index (χ1v) is 5.67. The molecule has 3 heteroatoms. The van der Waals surface area contributed by atoms with E-state index in [-0.39, 0.29) is 5.54 Å². The molecular formula is C11H24N2O. The lowest BCUT2D eigenvalue weighted by Crippen LogP contribution is -2.55. The normalized spacial score (nSPS) is 29.8. The van der Waals surface area contributed by atoms with Crippen LogP contribution >= 0.6 is 0 Å². The van der Waals surface area contributed by atoms with Crippen molar-refractivity contribution in [3.05, 3.63) is 0 Å². The largest absolute Gasteiger partial charge is 0.379 e. The number of rotatable bonds is 5. The number of ether oxygens (including phenoxy) is 1. The number of likely N-dealkylation sites (N-methyl/N-ethyl adjacent to an activating group) is 1. The Hall–Kier alpha value is -0.120. The smallest absolute Gasteiger partial charge is 0.0663 e. The number of nitrogens with two attached hydrogens (primary N) is 1. The van der Waals surface area contributed by atoms with Crippen LogP contribution in [-0.4, -0.2) is 43.3 Å². The SMILES string of the molecule is CCCC(C)N(C)C1(CN)CCOC1. The van der Waals surface area contributed by atoms with E-state index < -0.39 is 0 Å². The standard InChI is InChI=1S/C11H24N2O/c1-4-5-10(2)13(3)11(8-12)6-7-14-9-11/h10H,4-9,12H2,1-3H3. The summed E-state index contributed by atoms with van der Waals surface area (Å²) in [5.74, 6) is 0. The van der Waals surface area contributed by atoms with E-state index in [4.69, 9.17) is 10.5 Å². The molecule has 0 aromatic heterocycles. The highest BCUT2D eigenvalue weighted by molar-refractivity contribution is 4.95. The van der Waals surface area contributed by atoms with Gasteiger partial charge in [0.05, 0.1) is 12.1 Å². The van der Waals surface area contributed by atoms with Crippen LogP contribution in [0.3, 0.4) is 0 Å². The molecule has 1 fully saturated rings. The highest BCUT2D eigenvalue weighted by Crippen LogP contribution is 2.26. The molecule has 0 radical (unpaired) electrons. The van der Waals surface area contributed by atoms with E-state index in [1.807, 2.05) is 0 Å². The molecule has 14 heavy (non-hydrogen) atoms. The van der Waals surface area contributed by atoms with Gasteiger partial charge in [0, 0.05) is 19.2 Å². The topological polar surface area (TPSA) is 38.5 Å². The van der Waals surface area contributed by atoms with Gasteiger partial charge >= 0.3 is 0 Å². The Morgan fingerprint density at radius 2 is 2.29 bits per heavy atom. The third kappa shape index (κ3) is 2.27. The molecule has 0 aromatic carbocycles. The van der Waals surface area contributed by atoms with E-state index in [0.717, 1.165) is 19.6 Å². The van der Waals surface area contributed by atoms with Gasteiger partial charge < -0.3 is 10.5 Å². The van der Waals surface area contributed by atoms with Crippen molar-refractivity contribution in [2.24, 2.45) is 5.73 Å². The summed E-state index contributed by atoms with van der Waals surface area (Å²) >= 11 is 0. The van der Waals surface area contributed by atoms with E-state index in [1.54, 1.807) is 0 Å². The van der Waals surface area contributed by atoms with Crippen molar-refractivity contribution < 1.29 is 4.74 Å². The van der Waals surface area contributed by atoms with E-state index in [0.29, 0.717) is 12.6 Å². The Bertz CT molecular complexity index is 167. The molecule has 0 aromatic rings. The van der Waals surface area contributed by atoms with Crippen molar-refractivity contribution >= 4 is 0 Å². The van der Waals surface area contributed by atoms with Crippen LogP contribution in [0.15, 0.2) is 0 Å². The van der Waals surface area contributed by atoms with Crippen LogP contribution in [0.25, 0.3) is 0 Å². The van der Waals surface area contributed by atoms with E-state index in [1.165, 1.54) is 12.8 Å². The first kappa shape index (κ1) is 12.0. The van der Waals surface area contributed by atoms with Gasteiger partial charge in [-0.15, -0.1) is 0 Å². The Kier molecular flexibility index (Phi) is 4.35. The van der Waals surface area contributed by atoms with Crippen LogP contribution in [0.1, 0.15) is 33.1 Å². The van der Waals surface area contributed by atoms with Crippen molar-refractivity contribution in [2.45, 2.75) is 44.7 Å². The third-order valence-corrected chi connectivity index (χ3v) is 3.58. The number of hydrogen-bond acceptors (Lipinski definition) is 3. The van der Waals surface area contributed by atoms with Crippen LogP contribution in [0.4, 0.5) is 0 Å². The summed E-state index contributed by atoms with van der Waals surface area (Å²) in [5.41, 5.74) is 5.99. The second-order valence-corrected chi connectivity index (χ2v) is 4.48. The molecule has 0 spiro atoms. The number of nitrogens with zero attached hydrogens (tertiary/aromatic N) is 1. The fraction of sp³-hybridized carbons (Fsp3) is 1.00. The highest BCUT2D eigenvalue weighted by atomic mass is 16.5. The summed E-state index contributed by atoms with van der Waals surface area (Å²) in [7, 11) is 2.18. The minimum Gasteiger partial charge on any atom is -0.379 e. The van der Waals surface area contributed by atoms with Crippen LogP contribution in [0.5, 0.6) is 0 Å². The summed E-state index contributed by atoms with van der Waals surface area (Å²) in [4.78, 5) is 2.42. The minimum atomic E-state index is 0.106. The molecule has 0 aliphatic carbocycles.